The average Bonchev–Trinajstić information content (AvgIpc) is 3.56. The maximum atomic E-state index is 13.4. The van der Waals surface area contributed by atoms with Gasteiger partial charge in [0.15, 0.2) is 5.69 Å². The number of rotatable bonds is 8. The number of aromatic nitrogens is 5. The average molecular weight is 540 g/mol. The number of benzene rings is 2. The quantitative estimate of drug-likeness (QED) is 0.352. The number of fused-ring (bicyclic) bond motifs is 2. The van der Waals surface area contributed by atoms with Gasteiger partial charge in [-0.25, -0.2) is 4.68 Å². The Bertz CT molecular complexity index is 1590. The minimum atomic E-state index is -0.285. The van der Waals surface area contributed by atoms with Crippen molar-refractivity contribution >= 4 is 28.4 Å². The highest BCUT2D eigenvalue weighted by Crippen LogP contribution is 2.32. The van der Waals surface area contributed by atoms with Gasteiger partial charge in [0.1, 0.15) is 0 Å². The monoisotopic (exact) mass is 539 g/mol. The molecule has 206 valence electrons. The maximum Gasteiger partial charge on any atom is 0.272 e. The highest BCUT2D eigenvalue weighted by molar-refractivity contribution is 6.06. The standard InChI is InChI=1S/C29H33N9O2/c1-18(2)28(39)33-19(3)16-38-27-20(4)25(36-11-12-37-23(17-36)15-32-35-37)10-9-24(27)26(34-38)29(40)31-14-22-7-5-21(13-30)6-8-22/h5-10,15,18-19H,11-12,14,16-17H2,1-4H3,(H,31,40)(H,33,39)/t19-/m0/s1. The molecule has 40 heavy (non-hydrogen) atoms. The van der Waals surface area contributed by atoms with Crippen LogP contribution in [0, 0.1) is 24.2 Å². The summed E-state index contributed by atoms with van der Waals surface area (Å²) in [6.07, 6.45) is 1.79. The minimum absolute atomic E-state index is 0.0275. The molecule has 1 aliphatic rings. The highest BCUT2D eigenvalue weighted by Gasteiger charge is 2.25. The van der Waals surface area contributed by atoms with Crippen LogP contribution in [0.5, 0.6) is 0 Å². The summed E-state index contributed by atoms with van der Waals surface area (Å²) in [5, 5.41) is 28.7. The van der Waals surface area contributed by atoms with E-state index in [0.29, 0.717) is 30.9 Å². The molecule has 2 amide bonds. The summed E-state index contributed by atoms with van der Waals surface area (Å²) in [6, 6.07) is 13.0. The number of nitriles is 1. The van der Waals surface area contributed by atoms with Gasteiger partial charge >= 0.3 is 0 Å². The molecule has 5 rings (SSSR count). The smallest absolute Gasteiger partial charge is 0.272 e. The molecule has 0 unspecified atom stereocenters. The van der Waals surface area contributed by atoms with E-state index in [1.54, 1.807) is 18.3 Å². The second-order valence-electron chi connectivity index (χ2n) is 10.6. The Balaban J connectivity index is 1.47. The van der Waals surface area contributed by atoms with Gasteiger partial charge in [0.05, 0.1) is 48.7 Å². The molecule has 0 aliphatic carbocycles. The first-order chi connectivity index (χ1) is 19.2. The van der Waals surface area contributed by atoms with E-state index in [9.17, 15) is 9.59 Å². The molecule has 0 saturated carbocycles. The molecular weight excluding hydrogens is 506 g/mol. The molecule has 1 atom stereocenters. The summed E-state index contributed by atoms with van der Waals surface area (Å²) >= 11 is 0. The molecular formula is C29H33N9O2. The van der Waals surface area contributed by atoms with Crippen LogP contribution >= 0.6 is 0 Å². The first kappa shape index (κ1) is 26.9. The van der Waals surface area contributed by atoms with E-state index in [1.807, 2.05) is 54.4 Å². The fourth-order valence-corrected chi connectivity index (χ4v) is 5.04. The Kier molecular flexibility index (Phi) is 7.51. The lowest BCUT2D eigenvalue weighted by Gasteiger charge is -2.30. The fourth-order valence-electron chi connectivity index (χ4n) is 5.04. The van der Waals surface area contributed by atoms with Gasteiger partial charge in [0, 0.05) is 36.1 Å². The van der Waals surface area contributed by atoms with Crippen molar-refractivity contribution in [2.75, 3.05) is 11.4 Å². The third kappa shape index (κ3) is 5.38. The van der Waals surface area contributed by atoms with Crippen LogP contribution in [0.1, 0.15) is 53.6 Å². The second kappa shape index (κ2) is 11.2. The maximum absolute atomic E-state index is 13.4. The van der Waals surface area contributed by atoms with Crippen LogP contribution < -0.4 is 15.5 Å². The van der Waals surface area contributed by atoms with E-state index < -0.39 is 0 Å². The lowest BCUT2D eigenvalue weighted by Crippen LogP contribution is -2.38. The molecule has 1 aliphatic heterocycles. The van der Waals surface area contributed by atoms with Crippen molar-refractivity contribution in [2.24, 2.45) is 5.92 Å². The largest absolute Gasteiger partial charge is 0.363 e. The molecule has 0 radical (unpaired) electrons. The van der Waals surface area contributed by atoms with Gasteiger partial charge in [-0.2, -0.15) is 10.4 Å². The van der Waals surface area contributed by atoms with Crippen LogP contribution in [-0.2, 0) is 31.0 Å². The summed E-state index contributed by atoms with van der Waals surface area (Å²) in [6.45, 7) is 10.7. The number of aryl methyl sites for hydroxylation is 1. The van der Waals surface area contributed by atoms with Crippen molar-refractivity contribution in [1.82, 2.24) is 35.4 Å². The normalized spacial score (nSPS) is 13.7. The molecule has 0 fully saturated rings. The van der Waals surface area contributed by atoms with Gasteiger partial charge in [-0.15, -0.1) is 5.10 Å². The van der Waals surface area contributed by atoms with Crippen molar-refractivity contribution in [3.63, 3.8) is 0 Å². The lowest BCUT2D eigenvalue weighted by molar-refractivity contribution is -0.124. The molecule has 2 N–H and O–H groups in total. The number of hydrogen-bond acceptors (Lipinski definition) is 7. The molecule has 11 nitrogen and oxygen atoms in total. The Labute approximate surface area is 232 Å². The Hall–Kier alpha value is -4.72. The predicted molar refractivity (Wildman–Crippen MR) is 150 cm³/mol. The van der Waals surface area contributed by atoms with E-state index in [4.69, 9.17) is 10.4 Å². The van der Waals surface area contributed by atoms with Crippen molar-refractivity contribution in [1.29, 1.82) is 5.26 Å². The van der Waals surface area contributed by atoms with E-state index in [0.717, 1.165) is 46.5 Å². The summed E-state index contributed by atoms with van der Waals surface area (Å²) in [5.41, 5.74) is 5.78. The Morgan fingerprint density at radius 3 is 2.60 bits per heavy atom. The summed E-state index contributed by atoms with van der Waals surface area (Å²) < 4.78 is 3.76. The van der Waals surface area contributed by atoms with Gasteiger partial charge < -0.3 is 15.5 Å². The predicted octanol–water partition coefficient (Wildman–Crippen LogP) is 2.92. The number of hydrogen-bond donors (Lipinski definition) is 2. The van der Waals surface area contributed by atoms with E-state index in [1.165, 1.54) is 0 Å². The zero-order valence-corrected chi connectivity index (χ0v) is 23.2. The lowest BCUT2D eigenvalue weighted by atomic mass is 10.1. The van der Waals surface area contributed by atoms with E-state index >= 15 is 0 Å². The number of anilines is 1. The third-order valence-corrected chi connectivity index (χ3v) is 7.22. The number of nitrogens with zero attached hydrogens (tertiary/aromatic N) is 7. The van der Waals surface area contributed by atoms with E-state index in [2.05, 4.69) is 38.8 Å². The number of amides is 2. The van der Waals surface area contributed by atoms with Crippen LogP contribution in [-0.4, -0.2) is 49.2 Å². The molecule has 0 spiro atoms. The van der Waals surface area contributed by atoms with Crippen LogP contribution in [0.25, 0.3) is 10.9 Å². The Morgan fingerprint density at radius 2 is 1.88 bits per heavy atom. The zero-order chi connectivity index (χ0) is 28.4. The van der Waals surface area contributed by atoms with Crippen molar-refractivity contribution < 1.29 is 9.59 Å². The molecule has 0 saturated heterocycles. The van der Waals surface area contributed by atoms with Crippen LogP contribution in [0.4, 0.5) is 5.69 Å². The van der Waals surface area contributed by atoms with Gasteiger partial charge in [-0.1, -0.05) is 31.2 Å². The summed E-state index contributed by atoms with van der Waals surface area (Å²) in [4.78, 5) is 28.0. The van der Waals surface area contributed by atoms with Crippen molar-refractivity contribution in [3.05, 3.63) is 70.7 Å². The van der Waals surface area contributed by atoms with Gasteiger partial charge in [-0.3, -0.25) is 14.3 Å². The second-order valence-corrected chi connectivity index (χ2v) is 10.6. The van der Waals surface area contributed by atoms with Gasteiger partial charge in [0.2, 0.25) is 5.91 Å². The molecule has 0 bridgehead atoms. The van der Waals surface area contributed by atoms with Crippen molar-refractivity contribution in [3.8, 4) is 6.07 Å². The SMILES string of the molecule is Cc1c(N2CCn3nncc3C2)ccc2c(C(=O)NCc3ccc(C#N)cc3)nn(C[C@H](C)NC(=O)C(C)C)c12. The highest BCUT2D eigenvalue weighted by atomic mass is 16.2. The van der Waals surface area contributed by atoms with Crippen LogP contribution in [0.2, 0.25) is 0 Å². The van der Waals surface area contributed by atoms with Gasteiger partial charge in [-0.05, 0) is 49.2 Å². The molecule has 2 aromatic heterocycles. The molecule has 11 heteroatoms. The first-order valence-electron chi connectivity index (χ1n) is 13.4. The number of carbonyl (C=O) groups is 2. The summed E-state index contributed by atoms with van der Waals surface area (Å²) in [5.74, 6) is -0.442. The van der Waals surface area contributed by atoms with Crippen molar-refractivity contribution in [2.45, 2.75) is 59.9 Å². The zero-order valence-electron chi connectivity index (χ0n) is 23.2. The van der Waals surface area contributed by atoms with Crippen LogP contribution in [0.15, 0.2) is 42.6 Å². The van der Waals surface area contributed by atoms with E-state index in [-0.39, 0.29) is 23.8 Å². The van der Waals surface area contributed by atoms with Gasteiger partial charge in [0.25, 0.3) is 5.91 Å². The number of carbonyl (C=O) groups excluding carboxylic acids is 2. The molecule has 3 heterocycles. The fraction of sp³-hybridized carbons (Fsp3) is 0.379. The van der Waals surface area contributed by atoms with Crippen LogP contribution in [0.3, 0.4) is 0 Å². The number of nitrogens with one attached hydrogen (secondary N) is 2. The Morgan fingerprint density at radius 1 is 1.10 bits per heavy atom. The molecule has 2 aromatic carbocycles. The first-order valence-corrected chi connectivity index (χ1v) is 13.4. The minimum Gasteiger partial charge on any atom is -0.363 e. The topological polar surface area (TPSA) is 134 Å². The third-order valence-electron chi connectivity index (χ3n) is 7.22. The molecule has 4 aromatic rings. The summed E-state index contributed by atoms with van der Waals surface area (Å²) in [7, 11) is 0.